The van der Waals surface area contributed by atoms with Crippen LogP contribution in [-0.2, 0) is 11.3 Å². The Kier molecular flexibility index (Phi) is 2.73. The van der Waals surface area contributed by atoms with Gasteiger partial charge in [-0.1, -0.05) is 12.1 Å². The van der Waals surface area contributed by atoms with Gasteiger partial charge in [0.05, 0.1) is 11.4 Å². The number of amides is 1. The molecule has 2 aromatic rings. The third-order valence-electron chi connectivity index (χ3n) is 2.74. The van der Waals surface area contributed by atoms with Crippen LogP contribution in [0.3, 0.4) is 0 Å². The molecule has 0 unspecified atom stereocenters. The van der Waals surface area contributed by atoms with Gasteiger partial charge in [0.15, 0.2) is 5.13 Å². The largest absolute Gasteiger partial charge is 0.326 e. The number of nitrogens with one attached hydrogen (secondary N) is 1. The Morgan fingerprint density at radius 3 is 3.06 bits per heavy atom. The van der Waals surface area contributed by atoms with Crippen LogP contribution in [0.4, 0.5) is 16.5 Å². The van der Waals surface area contributed by atoms with E-state index < -0.39 is 0 Å². The summed E-state index contributed by atoms with van der Waals surface area (Å²) in [5, 5.41) is 3.66. The Bertz CT molecular complexity index is 595. The number of carbonyl (C=O) groups excluding carboxylic acids is 1. The molecule has 18 heavy (non-hydrogen) atoms. The number of benzene rings is 1. The van der Waals surface area contributed by atoms with Gasteiger partial charge in [0.25, 0.3) is 0 Å². The predicted molar refractivity (Wildman–Crippen MR) is 72.1 cm³/mol. The van der Waals surface area contributed by atoms with Crippen molar-refractivity contribution in [2.24, 2.45) is 5.73 Å². The van der Waals surface area contributed by atoms with Crippen molar-refractivity contribution in [3.05, 3.63) is 35.3 Å². The van der Waals surface area contributed by atoms with Crippen molar-refractivity contribution in [1.29, 1.82) is 0 Å². The van der Waals surface area contributed by atoms with E-state index in [1.54, 1.807) is 6.20 Å². The summed E-state index contributed by atoms with van der Waals surface area (Å²) in [6.07, 6.45) is 1.76. The Morgan fingerprint density at radius 2 is 2.28 bits per heavy atom. The minimum absolute atomic E-state index is 0.0294. The molecule has 3 rings (SSSR count). The molecule has 1 amide bonds. The van der Waals surface area contributed by atoms with Crippen LogP contribution in [0.2, 0.25) is 0 Å². The number of hydrogen-bond donors (Lipinski definition) is 2. The van der Waals surface area contributed by atoms with Crippen molar-refractivity contribution in [3.8, 4) is 0 Å². The van der Waals surface area contributed by atoms with E-state index >= 15 is 0 Å². The first-order valence-corrected chi connectivity index (χ1v) is 6.41. The summed E-state index contributed by atoms with van der Waals surface area (Å²) in [6, 6.07) is 7.70. The average Bonchev–Trinajstić information content (AvgIpc) is 2.86. The third kappa shape index (κ3) is 1.85. The van der Waals surface area contributed by atoms with E-state index in [4.69, 9.17) is 5.73 Å². The molecule has 0 saturated heterocycles. The average molecular weight is 260 g/mol. The van der Waals surface area contributed by atoms with Crippen LogP contribution in [0.5, 0.6) is 0 Å². The summed E-state index contributed by atoms with van der Waals surface area (Å²) in [5.41, 5.74) is 7.37. The van der Waals surface area contributed by atoms with Gasteiger partial charge in [-0.2, -0.15) is 0 Å². The van der Waals surface area contributed by atoms with Gasteiger partial charge < -0.3 is 16.0 Å². The standard InChI is InChI=1S/C12H12N4OS/c13-5-8-6-14-12(18-8)16-7-11(17)15-9-3-1-2-4-10(9)16/h1-4,6H,5,7,13H2,(H,15,17). The van der Waals surface area contributed by atoms with Crippen LogP contribution in [-0.4, -0.2) is 17.4 Å². The first-order valence-electron chi connectivity index (χ1n) is 5.59. The van der Waals surface area contributed by atoms with Crippen molar-refractivity contribution in [2.75, 3.05) is 16.8 Å². The maximum absolute atomic E-state index is 11.7. The topological polar surface area (TPSA) is 71.2 Å². The summed E-state index contributed by atoms with van der Waals surface area (Å²) in [6.45, 7) is 0.758. The van der Waals surface area contributed by atoms with Crippen molar-refractivity contribution in [1.82, 2.24) is 4.98 Å². The quantitative estimate of drug-likeness (QED) is 0.862. The highest BCUT2D eigenvalue weighted by molar-refractivity contribution is 7.15. The fourth-order valence-corrected chi connectivity index (χ4v) is 2.72. The number of nitrogens with two attached hydrogens (primary N) is 1. The highest BCUT2D eigenvalue weighted by atomic mass is 32.1. The zero-order valence-electron chi connectivity index (χ0n) is 9.59. The second-order valence-corrected chi connectivity index (χ2v) is 5.06. The van der Waals surface area contributed by atoms with Gasteiger partial charge in [0.2, 0.25) is 5.91 Å². The van der Waals surface area contributed by atoms with Gasteiger partial charge in [-0.15, -0.1) is 11.3 Å². The fourth-order valence-electron chi connectivity index (χ4n) is 1.92. The van der Waals surface area contributed by atoms with Crippen molar-refractivity contribution >= 4 is 33.8 Å². The van der Waals surface area contributed by atoms with Crippen molar-refractivity contribution in [3.63, 3.8) is 0 Å². The lowest BCUT2D eigenvalue weighted by molar-refractivity contribution is -0.115. The van der Waals surface area contributed by atoms with Gasteiger partial charge in [-0.3, -0.25) is 4.79 Å². The minimum Gasteiger partial charge on any atom is -0.326 e. The number of rotatable bonds is 2. The molecule has 0 spiro atoms. The second kappa shape index (κ2) is 4.40. The van der Waals surface area contributed by atoms with Gasteiger partial charge in [-0.05, 0) is 12.1 Å². The number of carbonyl (C=O) groups is 1. The number of anilines is 3. The zero-order chi connectivity index (χ0) is 12.5. The number of aromatic nitrogens is 1. The first kappa shape index (κ1) is 11.2. The molecule has 0 fully saturated rings. The third-order valence-corrected chi connectivity index (χ3v) is 3.79. The fraction of sp³-hybridized carbons (Fsp3) is 0.167. The molecule has 5 nitrogen and oxygen atoms in total. The Morgan fingerprint density at radius 1 is 1.44 bits per heavy atom. The molecule has 3 N–H and O–H groups in total. The number of fused-ring (bicyclic) bond motifs is 1. The maximum Gasteiger partial charge on any atom is 0.244 e. The molecule has 1 aromatic heterocycles. The number of thiazole rings is 1. The number of hydrogen-bond acceptors (Lipinski definition) is 5. The molecule has 2 heterocycles. The molecular weight excluding hydrogens is 248 g/mol. The van der Waals surface area contributed by atoms with Crippen LogP contribution in [0.15, 0.2) is 30.5 Å². The second-order valence-electron chi connectivity index (χ2n) is 3.96. The molecular formula is C12H12N4OS. The molecule has 0 saturated carbocycles. The summed E-state index contributed by atoms with van der Waals surface area (Å²) < 4.78 is 0. The van der Waals surface area contributed by atoms with Crippen molar-refractivity contribution < 1.29 is 4.79 Å². The summed E-state index contributed by atoms with van der Waals surface area (Å²) >= 11 is 1.51. The van der Waals surface area contributed by atoms with Gasteiger partial charge in [-0.25, -0.2) is 4.98 Å². The van der Waals surface area contributed by atoms with Crippen LogP contribution >= 0.6 is 11.3 Å². The highest BCUT2D eigenvalue weighted by Gasteiger charge is 2.24. The Labute approximate surface area is 108 Å². The normalized spacial score (nSPS) is 14.3. The number of para-hydroxylation sites is 2. The molecule has 1 aromatic carbocycles. The van der Waals surface area contributed by atoms with E-state index in [1.807, 2.05) is 29.2 Å². The van der Waals surface area contributed by atoms with E-state index in [0.717, 1.165) is 21.4 Å². The Hall–Kier alpha value is -1.92. The summed E-state index contributed by atoms with van der Waals surface area (Å²) in [5.74, 6) is -0.0294. The maximum atomic E-state index is 11.7. The summed E-state index contributed by atoms with van der Waals surface area (Å²) in [4.78, 5) is 18.9. The lowest BCUT2D eigenvalue weighted by Crippen LogP contribution is -2.34. The lowest BCUT2D eigenvalue weighted by atomic mass is 10.2. The zero-order valence-corrected chi connectivity index (χ0v) is 10.4. The molecule has 0 radical (unpaired) electrons. The van der Waals surface area contributed by atoms with Crippen LogP contribution in [0.25, 0.3) is 0 Å². The van der Waals surface area contributed by atoms with Gasteiger partial charge >= 0.3 is 0 Å². The highest BCUT2D eigenvalue weighted by Crippen LogP contribution is 2.36. The SMILES string of the molecule is NCc1cnc(N2CC(=O)Nc3ccccc32)s1. The monoisotopic (exact) mass is 260 g/mol. The lowest BCUT2D eigenvalue weighted by Gasteiger charge is -2.28. The first-order chi connectivity index (χ1) is 8.78. The molecule has 1 aliphatic heterocycles. The smallest absolute Gasteiger partial charge is 0.244 e. The van der Waals surface area contributed by atoms with E-state index in [0.29, 0.717) is 6.54 Å². The van der Waals surface area contributed by atoms with E-state index in [9.17, 15) is 4.79 Å². The molecule has 6 heteroatoms. The van der Waals surface area contributed by atoms with Crippen LogP contribution in [0.1, 0.15) is 4.88 Å². The van der Waals surface area contributed by atoms with Crippen LogP contribution in [0, 0.1) is 0 Å². The molecule has 0 aliphatic carbocycles. The minimum atomic E-state index is -0.0294. The molecule has 1 aliphatic rings. The molecule has 0 bridgehead atoms. The Balaban J connectivity index is 2.04. The van der Waals surface area contributed by atoms with E-state index in [1.165, 1.54) is 11.3 Å². The van der Waals surface area contributed by atoms with Gasteiger partial charge in [0.1, 0.15) is 6.54 Å². The van der Waals surface area contributed by atoms with Crippen LogP contribution < -0.4 is 16.0 Å². The molecule has 92 valence electrons. The van der Waals surface area contributed by atoms with Crippen molar-refractivity contribution in [2.45, 2.75) is 6.54 Å². The summed E-state index contributed by atoms with van der Waals surface area (Å²) in [7, 11) is 0. The molecule has 0 atom stereocenters. The van der Waals surface area contributed by atoms with E-state index in [-0.39, 0.29) is 12.5 Å². The predicted octanol–water partition coefficient (Wildman–Crippen LogP) is 1.69. The van der Waals surface area contributed by atoms with Gasteiger partial charge in [0, 0.05) is 17.6 Å². The van der Waals surface area contributed by atoms with E-state index in [2.05, 4.69) is 10.3 Å². The number of nitrogens with zero attached hydrogens (tertiary/aromatic N) is 2.